The van der Waals surface area contributed by atoms with Crippen molar-refractivity contribution in [3.05, 3.63) is 140 Å². The zero-order valence-corrected chi connectivity index (χ0v) is 25.8. The molecule has 2 N–H and O–H groups in total. The van der Waals surface area contributed by atoms with Gasteiger partial charge in [-0.25, -0.2) is 0 Å². The Bertz CT molecular complexity index is 1530. The van der Waals surface area contributed by atoms with Crippen molar-refractivity contribution in [3.8, 4) is 0 Å². The Balaban J connectivity index is 1.77. The molecule has 216 valence electrons. The van der Waals surface area contributed by atoms with E-state index in [4.69, 9.17) is 4.74 Å². The number of carbonyl (C=O) groups is 2. The average Bonchev–Trinajstić information content (AvgIpc) is 3.03. The van der Waals surface area contributed by atoms with Gasteiger partial charge in [-0.3, -0.25) is 9.59 Å². The molecule has 0 fully saturated rings. The smallest absolute Gasteiger partial charge is 0.255 e. The summed E-state index contributed by atoms with van der Waals surface area (Å²) in [5.41, 5.74) is 3.73. The van der Waals surface area contributed by atoms with Gasteiger partial charge in [-0.1, -0.05) is 91.0 Å². The van der Waals surface area contributed by atoms with Crippen LogP contribution in [0.2, 0.25) is 0 Å². The fourth-order valence-corrected chi connectivity index (χ4v) is 6.57. The summed E-state index contributed by atoms with van der Waals surface area (Å²) in [5.74, 6) is -0.247. The number of halogens is 1. The minimum Gasteiger partial charge on any atom is -0.392 e. The van der Waals surface area contributed by atoms with Gasteiger partial charge in [0.15, 0.2) is 0 Å². The molecule has 1 aliphatic heterocycles. The quantitative estimate of drug-likeness (QED) is 0.156. The number of methoxy groups -OCH3 is 1. The Morgan fingerprint density at radius 1 is 0.929 bits per heavy atom. The molecule has 0 radical (unpaired) electrons. The first-order valence-electron chi connectivity index (χ1n) is 14.1. The number of aliphatic hydroxyl groups is 1. The molecular formula is C35H35IN2O4. The predicted octanol–water partition coefficient (Wildman–Crippen LogP) is 5.81. The van der Waals surface area contributed by atoms with E-state index in [-0.39, 0.29) is 18.4 Å². The summed E-state index contributed by atoms with van der Waals surface area (Å²) in [6.45, 7) is 1.23. The van der Waals surface area contributed by atoms with Crippen molar-refractivity contribution >= 4 is 34.4 Å². The zero-order valence-electron chi connectivity index (χ0n) is 23.6. The largest absolute Gasteiger partial charge is 0.392 e. The van der Waals surface area contributed by atoms with E-state index in [1.165, 1.54) is 0 Å². The van der Waals surface area contributed by atoms with Crippen LogP contribution in [-0.2, 0) is 34.5 Å². The highest BCUT2D eigenvalue weighted by Gasteiger charge is 2.56. The van der Waals surface area contributed by atoms with Gasteiger partial charge in [0.25, 0.3) is 5.91 Å². The van der Waals surface area contributed by atoms with Gasteiger partial charge in [-0.2, -0.15) is 0 Å². The summed E-state index contributed by atoms with van der Waals surface area (Å²) < 4.78 is 6.30. The number of amides is 2. The molecule has 6 nitrogen and oxygen atoms in total. The monoisotopic (exact) mass is 674 g/mol. The molecule has 2 amide bonds. The van der Waals surface area contributed by atoms with Gasteiger partial charge in [0.2, 0.25) is 5.91 Å². The molecule has 4 aromatic carbocycles. The summed E-state index contributed by atoms with van der Waals surface area (Å²) in [6, 6.07) is 32.5. The molecule has 42 heavy (non-hydrogen) atoms. The van der Waals surface area contributed by atoms with E-state index < -0.39 is 11.5 Å². The number of aliphatic hydroxyl groups excluding tert-OH is 1. The lowest BCUT2D eigenvalue weighted by atomic mass is 9.63. The van der Waals surface area contributed by atoms with Gasteiger partial charge in [0.1, 0.15) is 5.41 Å². The molecule has 7 heteroatoms. The maximum atomic E-state index is 14.8. The highest BCUT2D eigenvalue weighted by atomic mass is 127. The van der Waals surface area contributed by atoms with Crippen molar-refractivity contribution < 1.29 is 19.4 Å². The van der Waals surface area contributed by atoms with E-state index >= 15 is 0 Å². The number of benzene rings is 4. The molecule has 1 unspecified atom stereocenters. The highest BCUT2D eigenvalue weighted by Crippen LogP contribution is 2.50. The number of carbonyl (C=O) groups excluding carboxylic acids is 2. The summed E-state index contributed by atoms with van der Waals surface area (Å²) in [5, 5.41) is 13.0. The van der Waals surface area contributed by atoms with Crippen LogP contribution in [0.4, 0.5) is 0 Å². The topological polar surface area (TPSA) is 78.9 Å². The fourth-order valence-electron chi connectivity index (χ4n) is 5.99. The normalized spacial score (nSPS) is 18.0. The van der Waals surface area contributed by atoms with Crippen LogP contribution < -0.4 is 5.32 Å². The lowest BCUT2D eigenvalue weighted by molar-refractivity contribution is -0.130. The third-order valence-electron chi connectivity index (χ3n) is 7.99. The molecule has 0 bridgehead atoms. The maximum Gasteiger partial charge on any atom is 0.255 e. The number of hydrogen-bond donors (Lipinski definition) is 2. The molecule has 1 aliphatic rings. The minimum absolute atomic E-state index is 0.0895. The van der Waals surface area contributed by atoms with Crippen LogP contribution in [0.5, 0.6) is 0 Å². The van der Waals surface area contributed by atoms with Crippen LogP contribution in [0, 0.1) is 3.57 Å². The molecule has 2 atom stereocenters. The first kappa shape index (κ1) is 29.9. The summed E-state index contributed by atoms with van der Waals surface area (Å²) >= 11 is 2.33. The predicted molar refractivity (Wildman–Crippen MR) is 172 cm³/mol. The Labute approximate surface area is 260 Å². The molecular weight excluding hydrogens is 639 g/mol. The van der Waals surface area contributed by atoms with Crippen LogP contribution in [0.3, 0.4) is 0 Å². The van der Waals surface area contributed by atoms with Crippen LogP contribution in [-0.4, -0.2) is 42.1 Å². The third-order valence-corrected chi connectivity index (χ3v) is 9.05. The van der Waals surface area contributed by atoms with E-state index in [9.17, 15) is 14.7 Å². The van der Waals surface area contributed by atoms with Crippen molar-refractivity contribution in [3.63, 3.8) is 0 Å². The molecule has 0 saturated carbocycles. The van der Waals surface area contributed by atoms with E-state index in [1.807, 2.05) is 102 Å². The van der Waals surface area contributed by atoms with Crippen LogP contribution in [0.15, 0.2) is 103 Å². The van der Waals surface area contributed by atoms with Crippen LogP contribution in [0.1, 0.15) is 50.6 Å². The Kier molecular flexibility index (Phi) is 9.72. The lowest BCUT2D eigenvalue weighted by Crippen LogP contribution is -2.59. The van der Waals surface area contributed by atoms with Crippen molar-refractivity contribution in [1.82, 2.24) is 10.2 Å². The minimum atomic E-state index is -1.14. The van der Waals surface area contributed by atoms with Gasteiger partial charge >= 0.3 is 0 Å². The van der Waals surface area contributed by atoms with Gasteiger partial charge in [-0.15, -0.1) is 0 Å². The zero-order chi connectivity index (χ0) is 29.5. The molecule has 0 spiro atoms. The van der Waals surface area contributed by atoms with Gasteiger partial charge in [0, 0.05) is 35.9 Å². The SMILES string of the molecule is COCCCNC(=O)[C@@]1(Cc2ccccc2I)c2ccccc2C(=O)N(Cc2ccccc2)C1c1ccc(CO)cc1. The van der Waals surface area contributed by atoms with Crippen molar-refractivity contribution in [2.75, 3.05) is 20.3 Å². The molecule has 0 aliphatic carbocycles. The Morgan fingerprint density at radius 3 is 2.33 bits per heavy atom. The number of ether oxygens (including phenoxy) is 1. The van der Waals surface area contributed by atoms with E-state index in [1.54, 1.807) is 7.11 Å². The summed E-state index contributed by atoms with van der Waals surface area (Å²) in [6.07, 6.45) is 1.07. The average molecular weight is 675 g/mol. The Hall–Kier alpha value is -3.53. The number of rotatable bonds is 11. The van der Waals surface area contributed by atoms with Crippen molar-refractivity contribution in [2.24, 2.45) is 0 Å². The first-order valence-corrected chi connectivity index (χ1v) is 15.2. The molecule has 1 heterocycles. The standard InChI is InChI=1S/C35H35IN2O4/c1-42-21-9-20-37-34(41)35(22-28-12-5-8-15-31(28)36)30-14-7-6-13-29(30)33(40)38(23-25-10-3-2-4-11-25)32(35)27-18-16-26(24-39)17-19-27/h2-8,10-19,32,39H,9,20-24H2,1H3,(H,37,41)/t32?,35-/m0/s1. The third kappa shape index (κ3) is 6.00. The fraction of sp³-hybridized carbons (Fsp3) is 0.257. The second-order valence-corrected chi connectivity index (χ2v) is 11.8. The van der Waals surface area contributed by atoms with Crippen molar-refractivity contribution in [1.29, 1.82) is 0 Å². The number of hydrogen-bond acceptors (Lipinski definition) is 4. The lowest BCUT2D eigenvalue weighted by Gasteiger charge is -2.50. The van der Waals surface area contributed by atoms with Crippen LogP contribution >= 0.6 is 22.6 Å². The molecule has 0 saturated heterocycles. The maximum absolute atomic E-state index is 14.8. The highest BCUT2D eigenvalue weighted by molar-refractivity contribution is 14.1. The van der Waals surface area contributed by atoms with Gasteiger partial charge in [0.05, 0.1) is 12.6 Å². The van der Waals surface area contributed by atoms with E-state index in [2.05, 4.69) is 34.0 Å². The summed E-state index contributed by atoms with van der Waals surface area (Å²) in [7, 11) is 1.65. The van der Waals surface area contributed by atoms with Gasteiger partial charge in [-0.05, 0) is 75.4 Å². The van der Waals surface area contributed by atoms with Crippen LogP contribution in [0.25, 0.3) is 0 Å². The number of nitrogens with one attached hydrogen (secondary N) is 1. The second kappa shape index (κ2) is 13.6. The number of nitrogens with zero attached hydrogens (tertiary/aromatic N) is 1. The number of fused-ring (bicyclic) bond motifs is 1. The van der Waals surface area contributed by atoms with Gasteiger partial charge < -0.3 is 20.1 Å². The van der Waals surface area contributed by atoms with E-state index in [0.29, 0.717) is 38.1 Å². The summed E-state index contributed by atoms with van der Waals surface area (Å²) in [4.78, 5) is 31.1. The molecule has 5 rings (SSSR count). The Morgan fingerprint density at radius 2 is 1.62 bits per heavy atom. The molecule has 0 aromatic heterocycles. The van der Waals surface area contributed by atoms with Crippen molar-refractivity contribution in [2.45, 2.75) is 37.5 Å². The second-order valence-electron chi connectivity index (χ2n) is 10.6. The van der Waals surface area contributed by atoms with E-state index in [0.717, 1.165) is 31.4 Å². The molecule has 4 aromatic rings. The first-order chi connectivity index (χ1) is 20.5.